The van der Waals surface area contributed by atoms with Crippen molar-refractivity contribution in [3.63, 3.8) is 0 Å². The largest absolute Gasteiger partial charge is 0.484 e. The Bertz CT molecular complexity index is 839. The molecule has 0 saturated carbocycles. The number of amides is 1. The summed E-state index contributed by atoms with van der Waals surface area (Å²) in [5.41, 5.74) is 3.10. The van der Waals surface area contributed by atoms with Crippen molar-refractivity contribution >= 4 is 39.1 Å². The Morgan fingerprint density at radius 1 is 1.12 bits per heavy atom. The molecule has 2 aromatic rings. The van der Waals surface area contributed by atoms with Gasteiger partial charge >= 0.3 is 0 Å². The predicted molar refractivity (Wildman–Crippen MR) is 91.6 cm³/mol. The molecule has 0 fully saturated rings. The van der Waals surface area contributed by atoms with E-state index in [2.05, 4.69) is 0 Å². The number of carbonyl (C=O) groups is 1. The zero-order valence-electron chi connectivity index (χ0n) is 12.5. The Morgan fingerprint density at radius 2 is 1.79 bits per heavy atom. The van der Waals surface area contributed by atoms with Crippen LogP contribution in [0, 0.1) is 6.92 Å². The van der Waals surface area contributed by atoms with E-state index in [9.17, 15) is 13.2 Å². The molecule has 9 heteroatoms. The Labute approximate surface area is 149 Å². The van der Waals surface area contributed by atoms with Crippen LogP contribution < -0.4 is 15.0 Å². The summed E-state index contributed by atoms with van der Waals surface area (Å²) in [6.07, 6.45) is 0. The summed E-state index contributed by atoms with van der Waals surface area (Å²) < 4.78 is 29.5. The molecule has 0 unspecified atom stereocenters. The van der Waals surface area contributed by atoms with Crippen molar-refractivity contribution in [2.24, 2.45) is 0 Å². The smallest absolute Gasteiger partial charge is 0.272 e. The molecule has 0 spiro atoms. The van der Waals surface area contributed by atoms with Crippen LogP contribution in [-0.2, 0) is 14.8 Å². The minimum atomic E-state index is -4.05. The summed E-state index contributed by atoms with van der Waals surface area (Å²) in [5.74, 6) is -0.172. The summed E-state index contributed by atoms with van der Waals surface area (Å²) in [7, 11) is -4.05. The number of nitrogens with one attached hydrogen (secondary N) is 2. The molecule has 0 radical (unpaired) electrons. The lowest BCUT2D eigenvalue weighted by Crippen LogP contribution is -2.43. The third kappa shape index (κ3) is 4.85. The van der Waals surface area contributed by atoms with Gasteiger partial charge in [-0.05, 0) is 31.2 Å². The van der Waals surface area contributed by atoms with Crippen LogP contribution in [0.2, 0.25) is 10.0 Å². The van der Waals surface area contributed by atoms with Gasteiger partial charge < -0.3 is 4.74 Å². The van der Waals surface area contributed by atoms with Crippen molar-refractivity contribution in [2.45, 2.75) is 11.8 Å². The van der Waals surface area contributed by atoms with Gasteiger partial charge in [-0.2, -0.15) is 0 Å². The molecule has 6 nitrogen and oxygen atoms in total. The minimum Gasteiger partial charge on any atom is -0.484 e. The first-order chi connectivity index (χ1) is 11.3. The van der Waals surface area contributed by atoms with Crippen LogP contribution in [-0.4, -0.2) is 20.9 Å². The number of ether oxygens (including phenoxy) is 1. The number of halogens is 2. The van der Waals surface area contributed by atoms with E-state index in [4.69, 9.17) is 27.9 Å². The number of hydrogen-bond donors (Lipinski definition) is 2. The summed E-state index contributed by atoms with van der Waals surface area (Å²) in [5, 5.41) is -0.0367. The van der Waals surface area contributed by atoms with E-state index < -0.39 is 15.9 Å². The number of hydrazine groups is 1. The normalized spacial score (nSPS) is 11.1. The highest BCUT2D eigenvalue weighted by atomic mass is 35.5. The zero-order valence-corrected chi connectivity index (χ0v) is 14.9. The molecule has 0 aliphatic rings. The van der Waals surface area contributed by atoms with Crippen LogP contribution in [0.5, 0.6) is 5.75 Å². The van der Waals surface area contributed by atoms with Crippen molar-refractivity contribution in [2.75, 3.05) is 6.61 Å². The van der Waals surface area contributed by atoms with Crippen molar-refractivity contribution in [3.05, 3.63) is 58.1 Å². The second-order valence-corrected chi connectivity index (χ2v) is 7.24. The quantitative estimate of drug-likeness (QED) is 0.744. The van der Waals surface area contributed by atoms with Gasteiger partial charge in [0, 0.05) is 0 Å². The van der Waals surface area contributed by atoms with E-state index in [1.54, 1.807) is 12.1 Å². The van der Waals surface area contributed by atoms with E-state index in [0.717, 1.165) is 5.56 Å². The lowest BCUT2D eigenvalue weighted by atomic mass is 10.2. The molecule has 0 saturated heterocycles. The van der Waals surface area contributed by atoms with Crippen LogP contribution in [0.4, 0.5) is 0 Å². The van der Waals surface area contributed by atoms with Gasteiger partial charge in [-0.15, -0.1) is 4.83 Å². The van der Waals surface area contributed by atoms with Gasteiger partial charge in [0.25, 0.3) is 15.9 Å². The first-order valence-electron chi connectivity index (χ1n) is 6.74. The molecule has 128 valence electrons. The summed E-state index contributed by atoms with van der Waals surface area (Å²) in [4.78, 5) is 13.4. The molecule has 0 aliphatic heterocycles. The van der Waals surface area contributed by atoms with Crippen LogP contribution in [0.15, 0.2) is 47.4 Å². The summed E-state index contributed by atoms with van der Waals surface area (Å²) in [6, 6.07) is 11.2. The Kier molecular flexibility index (Phi) is 6.06. The Morgan fingerprint density at radius 3 is 2.46 bits per heavy atom. The van der Waals surface area contributed by atoms with Gasteiger partial charge in [0.05, 0.1) is 10.0 Å². The van der Waals surface area contributed by atoms with Crippen molar-refractivity contribution in [1.29, 1.82) is 0 Å². The van der Waals surface area contributed by atoms with Gasteiger partial charge in [0.2, 0.25) is 0 Å². The maximum atomic E-state index is 12.1. The number of benzene rings is 2. The van der Waals surface area contributed by atoms with Crippen molar-refractivity contribution < 1.29 is 17.9 Å². The van der Waals surface area contributed by atoms with E-state index in [1.165, 1.54) is 18.2 Å². The van der Waals surface area contributed by atoms with Crippen LogP contribution in [0.1, 0.15) is 5.56 Å². The minimum absolute atomic E-state index is 0.0913. The number of aryl methyl sites for hydroxylation is 1. The van der Waals surface area contributed by atoms with E-state index >= 15 is 0 Å². The third-order valence-electron chi connectivity index (χ3n) is 2.92. The van der Waals surface area contributed by atoms with E-state index in [-0.39, 0.29) is 21.5 Å². The number of rotatable bonds is 6. The summed E-state index contributed by atoms with van der Waals surface area (Å²) >= 11 is 11.6. The van der Waals surface area contributed by atoms with Gasteiger partial charge in [-0.3, -0.25) is 10.2 Å². The molecule has 2 aromatic carbocycles. The zero-order chi connectivity index (χ0) is 17.7. The standard InChI is InChI=1S/C15H14Cl2N2O4S/c1-10-5-7-11(8-6-10)23-9-14(20)18-19-24(21,22)13-4-2-3-12(16)15(13)17/h2-8,19H,9H2,1H3,(H,18,20). The fourth-order valence-electron chi connectivity index (χ4n) is 1.69. The second kappa shape index (κ2) is 7.85. The van der Waals surface area contributed by atoms with Crippen molar-refractivity contribution in [1.82, 2.24) is 10.3 Å². The molecule has 0 aliphatic carbocycles. The van der Waals surface area contributed by atoms with Gasteiger partial charge in [-0.1, -0.05) is 47.0 Å². The molecule has 0 bridgehead atoms. The van der Waals surface area contributed by atoms with Gasteiger partial charge in [-0.25, -0.2) is 8.42 Å². The highest BCUT2D eigenvalue weighted by molar-refractivity contribution is 7.89. The monoisotopic (exact) mass is 388 g/mol. The molecule has 2 rings (SSSR count). The van der Waals surface area contributed by atoms with Crippen LogP contribution in [0.3, 0.4) is 0 Å². The molecule has 24 heavy (non-hydrogen) atoms. The highest BCUT2D eigenvalue weighted by Crippen LogP contribution is 2.28. The molecular weight excluding hydrogens is 375 g/mol. The average Bonchev–Trinajstić information content (AvgIpc) is 2.55. The molecular formula is C15H14Cl2N2O4S. The number of sulfonamides is 1. The van der Waals surface area contributed by atoms with Gasteiger partial charge in [0.1, 0.15) is 10.6 Å². The first-order valence-corrected chi connectivity index (χ1v) is 8.97. The predicted octanol–water partition coefficient (Wildman–Crippen LogP) is 2.69. The SMILES string of the molecule is Cc1ccc(OCC(=O)NNS(=O)(=O)c2cccc(Cl)c2Cl)cc1. The fourth-order valence-corrected chi connectivity index (χ4v) is 3.31. The van der Waals surface area contributed by atoms with Crippen LogP contribution >= 0.6 is 23.2 Å². The van der Waals surface area contributed by atoms with Crippen molar-refractivity contribution in [3.8, 4) is 5.75 Å². The average molecular weight is 389 g/mol. The maximum Gasteiger partial charge on any atom is 0.272 e. The topological polar surface area (TPSA) is 84.5 Å². The number of carbonyl (C=O) groups excluding carboxylic acids is 1. The maximum absolute atomic E-state index is 12.1. The Balaban J connectivity index is 1.93. The number of hydrogen-bond acceptors (Lipinski definition) is 4. The van der Waals surface area contributed by atoms with Gasteiger partial charge in [0.15, 0.2) is 6.61 Å². The lowest BCUT2D eigenvalue weighted by molar-refractivity contribution is -0.123. The fraction of sp³-hybridized carbons (Fsp3) is 0.133. The molecule has 0 atom stereocenters. The molecule has 0 aromatic heterocycles. The first kappa shape index (κ1) is 18.5. The Hall–Kier alpha value is -1.80. The summed E-state index contributed by atoms with van der Waals surface area (Å²) in [6.45, 7) is 1.57. The van der Waals surface area contributed by atoms with E-state index in [0.29, 0.717) is 5.75 Å². The van der Waals surface area contributed by atoms with E-state index in [1.807, 2.05) is 29.3 Å². The molecule has 1 amide bonds. The lowest BCUT2D eigenvalue weighted by Gasteiger charge is -2.11. The van der Waals surface area contributed by atoms with Crippen LogP contribution in [0.25, 0.3) is 0 Å². The molecule has 2 N–H and O–H groups in total. The highest BCUT2D eigenvalue weighted by Gasteiger charge is 2.20. The second-order valence-electron chi connectivity index (χ2n) is 4.81. The molecule has 0 heterocycles. The third-order valence-corrected chi connectivity index (χ3v) is 5.14.